The van der Waals surface area contributed by atoms with Gasteiger partial charge in [-0.1, -0.05) is 41.7 Å². The smallest absolute Gasteiger partial charge is 0.173 e. The van der Waals surface area contributed by atoms with Gasteiger partial charge in [0, 0.05) is 22.7 Å². The van der Waals surface area contributed by atoms with Gasteiger partial charge in [-0.2, -0.15) is 0 Å². The van der Waals surface area contributed by atoms with Crippen LogP contribution in [-0.4, -0.2) is 21.0 Å². The minimum atomic E-state index is -0.214. The van der Waals surface area contributed by atoms with E-state index in [2.05, 4.69) is 37.7 Å². The first-order valence-electron chi connectivity index (χ1n) is 8.29. The normalized spacial score (nSPS) is 17.4. The number of halogens is 1. The highest BCUT2D eigenvalue weighted by Gasteiger charge is 2.28. The number of hydrogen-bond acceptors (Lipinski definition) is 6. The molecule has 2 aromatic carbocycles. The van der Waals surface area contributed by atoms with Crippen molar-refractivity contribution in [2.75, 3.05) is 11.1 Å². The van der Waals surface area contributed by atoms with Gasteiger partial charge in [-0.25, -0.2) is 9.38 Å². The van der Waals surface area contributed by atoms with Gasteiger partial charge in [-0.15, -0.1) is 0 Å². The van der Waals surface area contributed by atoms with Crippen LogP contribution in [0.2, 0.25) is 0 Å². The van der Waals surface area contributed by atoms with E-state index in [1.807, 2.05) is 12.1 Å². The molecule has 0 aliphatic carbocycles. The van der Waals surface area contributed by atoms with Gasteiger partial charge in [0.05, 0.1) is 18.8 Å². The van der Waals surface area contributed by atoms with Gasteiger partial charge >= 0.3 is 0 Å². The molecule has 1 N–H and O–H groups in total. The van der Waals surface area contributed by atoms with E-state index < -0.39 is 0 Å². The minimum Gasteiger partial charge on any atom is -0.335 e. The van der Waals surface area contributed by atoms with Crippen molar-refractivity contribution in [2.45, 2.75) is 13.1 Å². The number of nitrogens with zero attached hydrogens (tertiary/aromatic N) is 3. The number of amidine groups is 2. The SMILES string of the molecule is Fc1ccc2c(c1)CN1C(CSC3=NCc4ccccc4N3)=CSC1=N2. The lowest BCUT2D eigenvalue weighted by Crippen LogP contribution is -2.28. The van der Waals surface area contributed by atoms with Crippen LogP contribution < -0.4 is 5.32 Å². The fourth-order valence-electron chi connectivity index (χ4n) is 3.12. The molecule has 2 aromatic rings. The topological polar surface area (TPSA) is 40.0 Å². The Kier molecular flexibility index (Phi) is 3.98. The van der Waals surface area contributed by atoms with Crippen molar-refractivity contribution >= 4 is 45.2 Å². The monoisotopic (exact) mass is 382 g/mol. The third-order valence-corrected chi connectivity index (χ3v) is 6.33. The molecule has 26 heavy (non-hydrogen) atoms. The Morgan fingerprint density at radius 2 is 2.12 bits per heavy atom. The molecule has 5 rings (SSSR count). The predicted molar refractivity (Wildman–Crippen MR) is 108 cm³/mol. The highest BCUT2D eigenvalue weighted by Crippen LogP contribution is 2.38. The number of fused-ring (bicyclic) bond motifs is 3. The fourth-order valence-corrected chi connectivity index (χ4v) is 5.00. The molecule has 0 amide bonds. The lowest BCUT2D eigenvalue weighted by molar-refractivity contribution is 0.515. The number of aliphatic imine (C=N–C) groups is 2. The summed E-state index contributed by atoms with van der Waals surface area (Å²) in [5.41, 5.74) is 5.31. The second-order valence-corrected chi connectivity index (χ2v) is 7.97. The van der Waals surface area contributed by atoms with Crippen molar-refractivity contribution in [1.82, 2.24) is 4.90 Å². The van der Waals surface area contributed by atoms with Crippen LogP contribution in [0.5, 0.6) is 0 Å². The number of nitrogens with one attached hydrogen (secondary N) is 1. The molecule has 3 heterocycles. The molecule has 0 aromatic heterocycles. The number of rotatable bonds is 2. The first-order chi connectivity index (χ1) is 12.8. The zero-order valence-electron chi connectivity index (χ0n) is 13.8. The second-order valence-electron chi connectivity index (χ2n) is 6.17. The third kappa shape index (κ3) is 2.91. The lowest BCUT2D eigenvalue weighted by atomic mass is 10.1. The first kappa shape index (κ1) is 16.0. The Balaban J connectivity index is 1.28. The molecule has 0 saturated heterocycles. The Labute approximate surface area is 159 Å². The zero-order valence-corrected chi connectivity index (χ0v) is 15.4. The van der Waals surface area contributed by atoms with Gasteiger partial charge in [0.2, 0.25) is 0 Å². The quantitative estimate of drug-likeness (QED) is 0.799. The van der Waals surface area contributed by atoms with Gasteiger partial charge < -0.3 is 10.2 Å². The van der Waals surface area contributed by atoms with Crippen LogP contribution in [0.4, 0.5) is 15.8 Å². The summed E-state index contributed by atoms with van der Waals surface area (Å²) in [6, 6.07) is 13.0. The first-order valence-corrected chi connectivity index (χ1v) is 10.2. The van der Waals surface area contributed by atoms with Gasteiger partial charge in [-0.05, 0) is 35.2 Å². The summed E-state index contributed by atoms with van der Waals surface area (Å²) in [4.78, 5) is 11.4. The summed E-state index contributed by atoms with van der Waals surface area (Å²) in [5.74, 6) is 0.582. The summed E-state index contributed by atoms with van der Waals surface area (Å²) in [6.45, 7) is 1.37. The van der Waals surface area contributed by atoms with Crippen LogP contribution >= 0.6 is 23.5 Å². The van der Waals surface area contributed by atoms with Gasteiger partial charge in [0.25, 0.3) is 0 Å². The molecule has 0 unspecified atom stereocenters. The Hall–Kier alpha value is -2.25. The van der Waals surface area contributed by atoms with Crippen LogP contribution in [0.25, 0.3) is 0 Å². The van der Waals surface area contributed by atoms with Crippen LogP contribution in [0.15, 0.2) is 63.6 Å². The van der Waals surface area contributed by atoms with E-state index in [1.165, 1.54) is 17.3 Å². The molecular formula is C19H15FN4S2. The summed E-state index contributed by atoms with van der Waals surface area (Å²) >= 11 is 3.31. The predicted octanol–water partition coefficient (Wildman–Crippen LogP) is 4.93. The van der Waals surface area contributed by atoms with Crippen molar-refractivity contribution in [3.05, 3.63) is 70.5 Å². The Bertz CT molecular complexity index is 983. The van der Waals surface area contributed by atoms with Crippen LogP contribution in [0.3, 0.4) is 0 Å². The molecule has 3 aliphatic heterocycles. The van der Waals surface area contributed by atoms with Crippen LogP contribution in [0, 0.1) is 5.82 Å². The Morgan fingerprint density at radius 1 is 1.19 bits per heavy atom. The average Bonchev–Trinajstić information content (AvgIpc) is 3.06. The van der Waals surface area contributed by atoms with E-state index in [0.717, 1.165) is 33.0 Å². The molecule has 0 atom stereocenters. The van der Waals surface area contributed by atoms with Gasteiger partial charge in [0.15, 0.2) is 10.3 Å². The van der Waals surface area contributed by atoms with E-state index in [0.29, 0.717) is 13.1 Å². The number of hydrogen-bond donors (Lipinski definition) is 1. The minimum absolute atomic E-state index is 0.214. The van der Waals surface area contributed by atoms with E-state index in [1.54, 1.807) is 35.7 Å². The second kappa shape index (κ2) is 6.48. The maximum Gasteiger partial charge on any atom is 0.173 e. The zero-order chi connectivity index (χ0) is 17.5. The largest absolute Gasteiger partial charge is 0.335 e. The van der Waals surface area contributed by atoms with E-state index in [-0.39, 0.29) is 5.82 Å². The molecule has 130 valence electrons. The van der Waals surface area contributed by atoms with Crippen molar-refractivity contribution in [2.24, 2.45) is 9.98 Å². The maximum absolute atomic E-state index is 13.5. The highest BCUT2D eigenvalue weighted by molar-refractivity contribution is 8.17. The third-order valence-electron chi connectivity index (χ3n) is 4.47. The maximum atomic E-state index is 13.5. The number of para-hydroxylation sites is 1. The van der Waals surface area contributed by atoms with Crippen LogP contribution in [0.1, 0.15) is 11.1 Å². The van der Waals surface area contributed by atoms with Gasteiger partial charge in [0.1, 0.15) is 5.82 Å². The molecule has 0 saturated carbocycles. The van der Waals surface area contributed by atoms with E-state index >= 15 is 0 Å². The molecule has 0 radical (unpaired) electrons. The Morgan fingerprint density at radius 3 is 3.08 bits per heavy atom. The molecule has 3 aliphatic rings. The van der Waals surface area contributed by atoms with Gasteiger partial charge in [-0.3, -0.25) is 4.99 Å². The molecule has 7 heteroatoms. The molecule has 0 spiro atoms. The fraction of sp³-hybridized carbons (Fsp3) is 0.158. The summed E-state index contributed by atoms with van der Waals surface area (Å²) in [5, 5.41) is 7.42. The number of benzene rings is 2. The van der Waals surface area contributed by atoms with Crippen LogP contribution in [-0.2, 0) is 13.1 Å². The summed E-state index contributed by atoms with van der Waals surface area (Å²) in [7, 11) is 0. The number of anilines is 1. The summed E-state index contributed by atoms with van der Waals surface area (Å²) in [6.07, 6.45) is 0. The highest BCUT2D eigenvalue weighted by atomic mass is 32.2. The van der Waals surface area contributed by atoms with Crippen molar-refractivity contribution < 1.29 is 4.39 Å². The molecular weight excluding hydrogens is 367 g/mol. The molecule has 4 nitrogen and oxygen atoms in total. The lowest BCUT2D eigenvalue weighted by Gasteiger charge is -2.27. The van der Waals surface area contributed by atoms with E-state index in [4.69, 9.17) is 0 Å². The van der Waals surface area contributed by atoms with Crippen molar-refractivity contribution in [3.63, 3.8) is 0 Å². The summed E-state index contributed by atoms with van der Waals surface area (Å²) < 4.78 is 13.5. The number of thioether (sulfide) groups is 2. The standard InChI is InChI=1S/C19H15FN4S2/c20-14-5-6-17-13(7-14)9-24-15(11-26-19(24)23-17)10-25-18-21-8-12-3-1-2-4-16(12)22-18/h1-7,11H,8-10H2,(H,21,22). The molecule has 0 bridgehead atoms. The van der Waals surface area contributed by atoms with Crippen molar-refractivity contribution in [1.29, 1.82) is 0 Å². The van der Waals surface area contributed by atoms with Crippen molar-refractivity contribution in [3.8, 4) is 0 Å². The average molecular weight is 382 g/mol. The van der Waals surface area contributed by atoms with E-state index in [9.17, 15) is 4.39 Å². The molecule has 0 fully saturated rings.